The van der Waals surface area contributed by atoms with Crippen molar-refractivity contribution >= 4 is 23.0 Å². The molecule has 2 aromatic heterocycles. The van der Waals surface area contributed by atoms with Crippen LogP contribution in [0.2, 0.25) is 0 Å². The van der Waals surface area contributed by atoms with Crippen LogP contribution >= 0.6 is 0 Å². The van der Waals surface area contributed by atoms with Crippen molar-refractivity contribution in [1.29, 1.82) is 0 Å². The lowest BCUT2D eigenvalue weighted by Gasteiger charge is -2.30. The highest BCUT2D eigenvalue weighted by atomic mass is 19.2. The van der Waals surface area contributed by atoms with Crippen LogP contribution in [0.3, 0.4) is 0 Å². The third kappa shape index (κ3) is 4.80. The van der Waals surface area contributed by atoms with Crippen LogP contribution in [-0.2, 0) is 0 Å². The van der Waals surface area contributed by atoms with Crippen LogP contribution in [0.4, 0.5) is 19.4 Å². The van der Waals surface area contributed by atoms with Gasteiger partial charge in [0.25, 0.3) is 0 Å². The highest BCUT2D eigenvalue weighted by Gasteiger charge is 2.22. The summed E-state index contributed by atoms with van der Waals surface area (Å²) in [6.45, 7) is 1.06. The van der Waals surface area contributed by atoms with Gasteiger partial charge in [-0.05, 0) is 36.8 Å². The third-order valence-electron chi connectivity index (χ3n) is 4.95. The smallest absolute Gasteiger partial charge is 0.350 e. The number of piperidine rings is 1. The third-order valence-corrected chi connectivity index (χ3v) is 4.95. The molecule has 160 valence electrons. The normalized spacial score (nSPS) is 14.2. The number of halogens is 2. The molecule has 4 rings (SSSR count). The molecule has 1 aliphatic heterocycles. The number of urea groups is 1. The average molecular weight is 427 g/mol. The lowest BCUT2D eigenvalue weighted by Crippen LogP contribution is -2.45. The second-order valence-corrected chi connectivity index (χ2v) is 7.06. The summed E-state index contributed by atoms with van der Waals surface area (Å²) in [5, 5.41) is 0. The number of benzene rings is 1. The highest BCUT2D eigenvalue weighted by Crippen LogP contribution is 2.20. The molecule has 4 N–H and O–H groups in total. The van der Waals surface area contributed by atoms with Gasteiger partial charge < -0.3 is 20.5 Å². The topological polar surface area (TPSA) is 122 Å². The molecule has 3 heterocycles. The van der Waals surface area contributed by atoms with E-state index in [1.807, 2.05) is 0 Å². The molecule has 9 nitrogen and oxygen atoms in total. The van der Waals surface area contributed by atoms with Gasteiger partial charge in [-0.1, -0.05) is 5.92 Å². The van der Waals surface area contributed by atoms with Crippen LogP contribution < -0.4 is 16.1 Å². The maximum atomic E-state index is 13.2. The lowest BCUT2D eigenvalue weighted by atomic mass is 9.94. The minimum absolute atomic E-state index is 0.00768. The number of nitrogen functional groups attached to an aromatic ring is 1. The van der Waals surface area contributed by atoms with Gasteiger partial charge in [-0.15, -0.1) is 0 Å². The zero-order valence-electron chi connectivity index (χ0n) is 16.4. The number of nitrogens with one attached hydrogen (secondary N) is 2. The van der Waals surface area contributed by atoms with E-state index in [0.29, 0.717) is 48.2 Å². The van der Waals surface area contributed by atoms with Gasteiger partial charge in [-0.2, -0.15) is 10.5 Å². The van der Waals surface area contributed by atoms with Gasteiger partial charge in [-0.3, -0.25) is 0 Å². The summed E-state index contributed by atoms with van der Waals surface area (Å²) in [5.74, 6) is 4.92. The molecule has 0 spiro atoms. The highest BCUT2D eigenvalue weighted by molar-refractivity contribution is 5.81. The maximum Gasteiger partial charge on any atom is 0.350 e. The van der Waals surface area contributed by atoms with Gasteiger partial charge in [0.1, 0.15) is 5.52 Å². The van der Waals surface area contributed by atoms with E-state index in [4.69, 9.17) is 10.6 Å². The molecule has 0 saturated carbocycles. The van der Waals surface area contributed by atoms with E-state index in [9.17, 15) is 13.6 Å². The van der Waals surface area contributed by atoms with Gasteiger partial charge in [0.2, 0.25) is 5.82 Å². The van der Waals surface area contributed by atoms with Crippen LogP contribution in [0.1, 0.15) is 25.1 Å². The van der Waals surface area contributed by atoms with Crippen molar-refractivity contribution < 1.29 is 18.4 Å². The molecule has 1 aromatic carbocycles. The standard InChI is InChI=1S/C20H19F2N7O2/c21-14-5-4-13(10-15(14)22)31-28-20(30)29-8-6-12(7-9-29)2-1-3-16-26-18(23)17-19(27-16)25-11-24-17/h4-5,10-12H,2,6-9H2,(H,28,30)(H3,23,24,25,26,27). The Hall–Kier alpha value is -3.94. The summed E-state index contributed by atoms with van der Waals surface area (Å²) in [6.07, 6.45) is 3.69. The Morgan fingerprint density at radius 2 is 2.10 bits per heavy atom. The number of imidazole rings is 1. The Bertz CT molecular complexity index is 1160. The zero-order valence-corrected chi connectivity index (χ0v) is 16.4. The fraction of sp³-hybridized carbons (Fsp3) is 0.300. The molecule has 1 saturated heterocycles. The number of aromatic amines is 1. The van der Waals surface area contributed by atoms with Crippen LogP contribution in [0.15, 0.2) is 24.5 Å². The van der Waals surface area contributed by atoms with Crippen LogP contribution in [-0.4, -0.2) is 44.0 Å². The Morgan fingerprint density at radius 1 is 1.29 bits per heavy atom. The quantitative estimate of drug-likeness (QED) is 0.436. The van der Waals surface area contributed by atoms with E-state index in [1.165, 1.54) is 12.4 Å². The number of carbonyl (C=O) groups excluding carboxylic acids is 1. The fourth-order valence-electron chi connectivity index (χ4n) is 3.23. The first-order chi connectivity index (χ1) is 15.0. The number of amides is 2. The van der Waals surface area contributed by atoms with Gasteiger partial charge in [-0.25, -0.2) is 23.5 Å². The number of fused-ring (bicyclic) bond motifs is 1. The molecule has 0 unspecified atom stereocenters. The summed E-state index contributed by atoms with van der Waals surface area (Å²) in [7, 11) is 0. The fourth-order valence-corrected chi connectivity index (χ4v) is 3.23. The first-order valence-electron chi connectivity index (χ1n) is 9.62. The second kappa shape index (κ2) is 8.83. The molecule has 0 radical (unpaired) electrons. The van der Waals surface area contributed by atoms with Crippen molar-refractivity contribution in [3.63, 3.8) is 0 Å². The molecule has 3 aromatic rings. The van der Waals surface area contributed by atoms with Crippen LogP contribution in [0, 0.1) is 29.4 Å². The Kier molecular flexibility index (Phi) is 5.79. The second-order valence-electron chi connectivity index (χ2n) is 7.06. The first-order valence-corrected chi connectivity index (χ1v) is 9.62. The average Bonchev–Trinajstić information content (AvgIpc) is 3.24. The summed E-state index contributed by atoms with van der Waals surface area (Å²) in [6, 6.07) is 2.58. The number of hydrogen-bond acceptors (Lipinski definition) is 6. The van der Waals surface area contributed by atoms with E-state index in [1.54, 1.807) is 4.90 Å². The molecule has 1 aliphatic rings. The summed E-state index contributed by atoms with van der Waals surface area (Å²) in [5.41, 5.74) is 9.16. The lowest BCUT2D eigenvalue weighted by molar-refractivity contribution is 0.126. The maximum absolute atomic E-state index is 13.2. The summed E-state index contributed by atoms with van der Waals surface area (Å²) in [4.78, 5) is 34.2. The van der Waals surface area contributed by atoms with E-state index < -0.39 is 17.7 Å². The van der Waals surface area contributed by atoms with Crippen molar-refractivity contribution in [2.75, 3.05) is 18.8 Å². The number of hydrogen-bond donors (Lipinski definition) is 3. The molecular formula is C20H19F2N7O2. The predicted molar refractivity (Wildman–Crippen MR) is 107 cm³/mol. The van der Waals surface area contributed by atoms with Gasteiger partial charge in [0.05, 0.1) is 6.33 Å². The van der Waals surface area contributed by atoms with Crippen LogP contribution in [0.25, 0.3) is 11.2 Å². The molecule has 0 atom stereocenters. The molecule has 11 heteroatoms. The Balaban J connectivity index is 1.24. The summed E-state index contributed by atoms with van der Waals surface area (Å²) < 4.78 is 26.1. The number of likely N-dealkylation sites (tertiary alicyclic amines) is 1. The molecular weight excluding hydrogens is 408 g/mol. The molecule has 1 fully saturated rings. The van der Waals surface area contributed by atoms with Gasteiger partial charge >= 0.3 is 6.03 Å². The minimum Gasteiger partial charge on any atom is -0.382 e. The van der Waals surface area contributed by atoms with Crippen LogP contribution in [0.5, 0.6) is 5.75 Å². The molecule has 0 bridgehead atoms. The number of H-pyrrole nitrogens is 1. The largest absolute Gasteiger partial charge is 0.382 e. The number of aromatic nitrogens is 4. The number of rotatable bonds is 3. The number of carbonyl (C=O) groups is 1. The first kappa shape index (κ1) is 20.3. The predicted octanol–water partition coefficient (Wildman–Crippen LogP) is 2.37. The Morgan fingerprint density at radius 3 is 2.87 bits per heavy atom. The number of anilines is 1. The Labute approximate surface area is 176 Å². The molecule has 2 amide bonds. The van der Waals surface area contributed by atoms with Crippen molar-refractivity contribution in [3.8, 4) is 17.6 Å². The number of hydroxylamine groups is 1. The minimum atomic E-state index is -1.05. The SMILES string of the molecule is Nc1nc(C#CCC2CCN(C(=O)NOc3ccc(F)c(F)c3)CC2)nc2nc[nH]c12. The molecule has 31 heavy (non-hydrogen) atoms. The van der Waals surface area contributed by atoms with E-state index in [-0.39, 0.29) is 5.75 Å². The van der Waals surface area contributed by atoms with Crippen molar-refractivity contribution in [1.82, 2.24) is 30.3 Å². The number of nitrogens with zero attached hydrogens (tertiary/aromatic N) is 4. The van der Waals surface area contributed by atoms with Crippen molar-refractivity contribution in [2.45, 2.75) is 19.3 Å². The van der Waals surface area contributed by atoms with Gasteiger partial charge in [0, 0.05) is 25.6 Å². The van der Waals surface area contributed by atoms with E-state index >= 15 is 0 Å². The van der Waals surface area contributed by atoms with Gasteiger partial charge in [0.15, 0.2) is 28.8 Å². The summed E-state index contributed by atoms with van der Waals surface area (Å²) >= 11 is 0. The number of nitrogens with two attached hydrogens (primary N) is 1. The van der Waals surface area contributed by atoms with Crippen molar-refractivity contribution in [2.24, 2.45) is 5.92 Å². The van der Waals surface area contributed by atoms with E-state index in [0.717, 1.165) is 25.0 Å². The zero-order chi connectivity index (χ0) is 21.8. The molecule has 0 aliphatic carbocycles. The van der Waals surface area contributed by atoms with Crippen molar-refractivity contribution in [3.05, 3.63) is 42.0 Å². The monoisotopic (exact) mass is 427 g/mol. The van der Waals surface area contributed by atoms with E-state index in [2.05, 4.69) is 37.3 Å².